The van der Waals surface area contributed by atoms with Gasteiger partial charge in [0.1, 0.15) is 18.2 Å². The van der Waals surface area contributed by atoms with Gasteiger partial charge >= 0.3 is 0 Å². The van der Waals surface area contributed by atoms with Crippen LogP contribution in [0.15, 0.2) is 42.6 Å². The number of nitrogens with one attached hydrogen (secondary N) is 2. The van der Waals surface area contributed by atoms with E-state index in [1.54, 1.807) is 6.20 Å². The Bertz CT molecular complexity index is 822. The Morgan fingerprint density at radius 1 is 1.27 bits per heavy atom. The van der Waals surface area contributed by atoms with Crippen LogP contribution in [-0.4, -0.2) is 43.0 Å². The van der Waals surface area contributed by atoms with Crippen molar-refractivity contribution in [1.29, 1.82) is 0 Å². The highest BCUT2D eigenvalue weighted by atomic mass is 16.5. The molecule has 0 bridgehead atoms. The Labute approximate surface area is 151 Å². The molecule has 0 aliphatic carbocycles. The van der Waals surface area contributed by atoms with E-state index in [0.717, 1.165) is 23.7 Å². The first kappa shape index (κ1) is 16.4. The minimum Gasteiger partial charge on any atom is -0.492 e. The van der Waals surface area contributed by atoms with Crippen LogP contribution < -0.4 is 20.3 Å². The summed E-state index contributed by atoms with van der Waals surface area (Å²) in [6.45, 7) is 2.01. The summed E-state index contributed by atoms with van der Waals surface area (Å²) in [5.74, 6) is 1.27. The number of nitrogens with zero attached hydrogens (tertiary/aromatic N) is 2. The number of hydrogen-bond acceptors (Lipinski definition) is 5. The van der Waals surface area contributed by atoms with E-state index >= 15 is 0 Å². The number of piperazine rings is 1. The lowest BCUT2D eigenvalue weighted by atomic mass is 9.96. The predicted octanol–water partition coefficient (Wildman–Crippen LogP) is 1.21. The van der Waals surface area contributed by atoms with Crippen LogP contribution in [0.2, 0.25) is 0 Å². The van der Waals surface area contributed by atoms with Gasteiger partial charge < -0.3 is 20.3 Å². The fourth-order valence-corrected chi connectivity index (χ4v) is 3.22. The Hall–Kier alpha value is -3.09. The van der Waals surface area contributed by atoms with Gasteiger partial charge in [0, 0.05) is 13.1 Å². The number of ether oxygens (including phenoxy) is 1. The average molecular weight is 352 g/mol. The van der Waals surface area contributed by atoms with Gasteiger partial charge in [0.05, 0.1) is 24.3 Å². The van der Waals surface area contributed by atoms with Crippen LogP contribution in [-0.2, 0) is 16.0 Å². The zero-order valence-electron chi connectivity index (χ0n) is 14.3. The highest BCUT2D eigenvalue weighted by Crippen LogP contribution is 2.27. The second-order valence-electron chi connectivity index (χ2n) is 6.49. The molecule has 3 heterocycles. The lowest BCUT2D eigenvalue weighted by Gasteiger charge is -2.27. The van der Waals surface area contributed by atoms with Crippen LogP contribution in [0.4, 0.5) is 11.5 Å². The van der Waals surface area contributed by atoms with E-state index in [-0.39, 0.29) is 17.7 Å². The molecule has 2 aromatic rings. The van der Waals surface area contributed by atoms with Gasteiger partial charge in [-0.15, -0.1) is 0 Å². The number of aromatic nitrogens is 1. The van der Waals surface area contributed by atoms with Crippen molar-refractivity contribution < 1.29 is 14.3 Å². The van der Waals surface area contributed by atoms with Gasteiger partial charge in [-0.1, -0.05) is 18.2 Å². The Balaban J connectivity index is 1.38. The molecule has 0 radical (unpaired) electrons. The first-order chi connectivity index (χ1) is 12.7. The van der Waals surface area contributed by atoms with Crippen LogP contribution in [0.25, 0.3) is 0 Å². The van der Waals surface area contributed by atoms with Crippen molar-refractivity contribution in [3.63, 3.8) is 0 Å². The summed E-state index contributed by atoms with van der Waals surface area (Å²) in [4.78, 5) is 30.3. The third kappa shape index (κ3) is 3.46. The monoisotopic (exact) mass is 352 g/mol. The summed E-state index contributed by atoms with van der Waals surface area (Å²) in [7, 11) is 0. The molecule has 26 heavy (non-hydrogen) atoms. The number of pyridine rings is 1. The third-order valence-corrected chi connectivity index (χ3v) is 4.63. The average Bonchev–Trinajstić information content (AvgIpc) is 2.68. The largest absolute Gasteiger partial charge is 0.492 e. The lowest BCUT2D eigenvalue weighted by Crippen LogP contribution is -2.48. The van der Waals surface area contributed by atoms with Gasteiger partial charge in [-0.2, -0.15) is 0 Å². The summed E-state index contributed by atoms with van der Waals surface area (Å²) < 4.78 is 5.68. The SMILES string of the molecule is O=C1CN(c2ccc(NC(=O)[C@H]3COc4ccccc4C3)cn2)CCN1. The summed E-state index contributed by atoms with van der Waals surface area (Å²) in [6, 6.07) is 11.4. The van der Waals surface area contributed by atoms with Gasteiger partial charge in [-0.05, 0) is 30.2 Å². The molecule has 2 aliphatic heterocycles. The minimum atomic E-state index is -0.227. The molecule has 7 nitrogen and oxygen atoms in total. The highest BCUT2D eigenvalue weighted by molar-refractivity contribution is 5.93. The van der Waals surface area contributed by atoms with E-state index in [2.05, 4.69) is 15.6 Å². The number of hydrogen-bond donors (Lipinski definition) is 2. The number of carbonyl (C=O) groups excluding carboxylic acids is 2. The van der Waals surface area contributed by atoms with Gasteiger partial charge in [0.2, 0.25) is 11.8 Å². The smallest absolute Gasteiger partial charge is 0.239 e. The normalized spacial score (nSPS) is 19.2. The molecule has 2 N–H and O–H groups in total. The molecule has 7 heteroatoms. The highest BCUT2D eigenvalue weighted by Gasteiger charge is 2.26. The third-order valence-electron chi connectivity index (χ3n) is 4.63. The summed E-state index contributed by atoms with van der Waals surface area (Å²) in [5, 5.41) is 5.69. The fourth-order valence-electron chi connectivity index (χ4n) is 3.22. The van der Waals surface area contributed by atoms with Crippen LogP contribution in [0.1, 0.15) is 5.56 Å². The topological polar surface area (TPSA) is 83.6 Å². The number of anilines is 2. The van der Waals surface area contributed by atoms with Gasteiger partial charge in [-0.25, -0.2) is 4.98 Å². The second-order valence-corrected chi connectivity index (χ2v) is 6.49. The van der Waals surface area contributed by atoms with Crippen molar-refractivity contribution >= 4 is 23.3 Å². The van der Waals surface area contributed by atoms with E-state index in [1.165, 1.54) is 0 Å². The molecule has 1 fully saturated rings. The maximum absolute atomic E-state index is 12.5. The van der Waals surface area contributed by atoms with Crippen molar-refractivity contribution in [1.82, 2.24) is 10.3 Å². The first-order valence-corrected chi connectivity index (χ1v) is 8.68. The van der Waals surface area contributed by atoms with E-state index in [0.29, 0.717) is 31.8 Å². The fraction of sp³-hybridized carbons (Fsp3) is 0.316. The first-order valence-electron chi connectivity index (χ1n) is 8.68. The van der Waals surface area contributed by atoms with Crippen molar-refractivity contribution in [2.24, 2.45) is 5.92 Å². The van der Waals surface area contributed by atoms with Crippen molar-refractivity contribution in [2.45, 2.75) is 6.42 Å². The number of benzene rings is 1. The number of para-hydroxylation sites is 1. The molecule has 2 amide bonds. The quantitative estimate of drug-likeness (QED) is 0.867. The van der Waals surface area contributed by atoms with Gasteiger partial charge in [-0.3, -0.25) is 9.59 Å². The number of fused-ring (bicyclic) bond motifs is 1. The van der Waals surface area contributed by atoms with Crippen molar-refractivity contribution in [2.75, 3.05) is 36.5 Å². The molecule has 1 atom stereocenters. The molecule has 1 aromatic heterocycles. The van der Waals surface area contributed by atoms with Crippen LogP contribution in [0.5, 0.6) is 5.75 Å². The van der Waals surface area contributed by atoms with Crippen molar-refractivity contribution in [3.05, 3.63) is 48.2 Å². The van der Waals surface area contributed by atoms with Crippen LogP contribution in [0.3, 0.4) is 0 Å². The summed E-state index contributed by atoms with van der Waals surface area (Å²) >= 11 is 0. The second kappa shape index (κ2) is 7.03. The van der Waals surface area contributed by atoms with E-state index < -0.39 is 0 Å². The molecule has 4 rings (SSSR count). The maximum Gasteiger partial charge on any atom is 0.239 e. The zero-order valence-corrected chi connectivity index (χ0v) is 14.3. The minimum absolute atomic E-state index is 0.00647. The molecule has 0 saturated carbocycles. The number of rotatable bonds is 3. The van der Waals surface area contributed by atoms with Gasteiger partial charge in [0.15, 0.2) is 0 Å². The summed E-state index contributed by atoms with van der Waals surface area (Å²) in [5.41, 5.74) is 1.69. The molecule has 2 aliphatic rings. The maximum atomic E-state index is 12.5. The number of carbonyl (C=O) groups is 2. The molecular weight excluding hydrogens is 332 g/mol. The van der Waals surface area contributed by atoms with E-state index in [4.69, 9.17) is 4.74 Å². The molecule has 0 spiro atoms. The van der Waals surface area contributed by atoms with Gasteiger partial charge in [0.25, 0.3) is 0 Å². The predicted molar refractivity (Wildman–Crippen MR) is 97.2 cm³/mol. The molecular formula is C19H20N4O3. The molecule has 0 unspecified atom stereocenters. The van der Waals surface area contributed by atoms with Crippen LogP contribution in [0, 0.1) is 5.92 Å². The molecule has 134 valence electrons. The lowest BCUT2D eigenvalue weighted by molar-refractivity contribution is -0.121. The van der Waals surface area contributed by atoms with Crippen LogP contribution >= 0.6 is 0 Å². The van der Waals surface area contributed by atoms with E-state index in [9.17, 15) is 9.59 Å². The summed E-state index contributed by atoms with van der Waals surface area (Å²) in [6.07, 6.45) is 2.29. The van der Waals surface area contributed by atoms with E-state index in [1.807, 2.05) is 41.3 Å². The van der Waals surface area contributed by atoms with Crippen molar-refractivity contribution in [3.8, 4) is 5.75 Å². The number of amides is 2. The Morgan fingerprint density at radius 2 is 2.15 bits per heavy atom. The standard InChI is InChI=1S/C19H20N4O3/c24-18-11-23(8-7-20-18)17-6-5-15(10-21-17)22-19(25)14-9-13-3-1-2-4-16(13)26-12-14/h1-6,10,14H,7-9,11-12H2,(H,20,24)(H,22,25)/t14-/m1/s1. The molecule has 1 aromatic carbocycles. The molecule has 1 saturated heterocycles. The Morgan fingerprint density at radius 3 is 2.96 bits per heavy atom. The zero-order chi connectivity index (χ0) is 17.9. The Kier molecular flexibility index (Phi) is 4.43.